The predicted molar refractivity (Wildman–Crippen MR) is 246 cm³/mol. The van der Waals surface area contributed by atoms with E-state index in [0.29, 0.717) is 0 Å². The summed E-state index contributed by atoms with van der Waals surface area (Å²) < 4.78 is 7.32. The summed E-state index contributed by atoms with van der Waals surface area (Å²) >= 11 is 0. The molecule has 0 N–H and O–H groups in total. The molecule has 58 heavy (non-hydrogen) atoms. The van der Waals surface area contributed by atoms with E-state index in [-0.39, 0.29) is 5.92 Å². The number of hydrogen-bond donors (Lipinski definition) is 0. The van der Waals surface area contributed by atoms with E-state index >= 15 is 0 Å². The molecule has 0 aliphatic heterocycles. The van der Waals surface area contributed by atoms with Gasteiger partial charge in [0, 0.05) is 27.8 Å². The molecule has 0 saturated heterocycles. The standard InChI is InChI=1S/C57H36O/c1-2-13-36(14-3-1)38-25-28-39(29-26-38)54(43-31-32-49-47-21-9-8-19-45(47)46-20-10-11-22-48(46)52(49)35-43)51-24-12-23-50-53-34-41-17-6-7-18-44(41)55(57(53)58-56(50)51)42-30-27-37-15-4-5-16-40(37)33-42/h1-35,54H. The molecule has 0 bridgehead atoms. The molecule has 1 nitrogen and oxygen atoms in total. The summed E-state index contributed by atoms with van der Waals surface area (Å²) in [6.45, 7) is 0. The zero-order valence-electron chi connectivity index (χ0n) is 31.7. The number of para-hydroxylation sites is 1. The summed E-state index contributed by atoms with van der Waals surface area (Å²) in [6.07, 6.45) is 0. The Labute approximate surface area is 336 Å². The molecule has 0 spiro atoms. The maximum absolute atomic E-state index is 7.32. The fourth-order valence-corrected chi connectivity index (χ4v) is 9.63. The van der Waals surface area contributed by atoms with Crippen LogP contribution in [0.1, 0.15) is 22.6 Å². The fraction of sp³-hybridized carbons (Fsp3) is 0.0175. The minimum absolute atomic E-state index is 0.0951. The summed E-state index contributed by atoms with van der Waals surface area (Å²) in [5, 5.41) is 14.7. The van der Waals surface area contributed by atoms with Gasteiger partial charge in [-0.2, -0.15) is 0 Å². The van der Waals surface area contributed by atoms with Crippen LogP contribution in [0.3, 0.4) is 0 Å². The molecule has 12 aromatic rings. The SMILES string of the molecule is c1ccc(-c2ccc(C(c3ccc4c5ccccc5c5ccccc5c4c3)c3cccc4c3oc3c(-c5ccc6ccccc6c5)c5ccccc5cc34)cc2)cc1. The molecular formula is C57H36O. The van der Waals surface area contributed by atoms with Gasteiger partial charge in [0.2, 0.25) is 0 Å². The van der Waals surface area contributed by atoms with E-state index in [4.69, 9.17) is 4.42 Å². The van der Waals surface area contributed by atoms with Crippen LogP contribution in [0.15, 0.2) is 217 Å². The van der Waals surface area contributed by atoms with Gasteiger partial charge in [-0.15, -0.1) is 0 Å². The van der Waals surface area contributed by atoms with E-state index in [0.717, 1.165) is 38.6 Å². The van der Waals surface area contributed by atoms with Crippen LogP contribution in [0.25, 0.3) is 98.1 Å². The maximum atomic E-state index is 7.32. The number of benzene rings is 11. The van der Waals surface area contributed by atoms with Crippen molar-refractivity contribution in [1.29, 1.82) is 0 Å². The second kappa shape index (κ2) is 13.0. The average Bonchev–Trinajstić information content (AvgIpc) is 3.67. The maximum Gasteiger partial charge on any atom is 0.143 e. The molecule has 1 unspecified atom stereocenters. The molecule has 0 fully saturated rings. The minimum atomic E-state index is -0.0951. The van der Waals surface area contributed by atoms with Crippen LogP contribution in [0, 0.1) is 0 Å². The van der Waals surface area contributed by atoms with E-state index in [1.54, 1.807) is 0 Å². The van der Waals surface area contributed by atoms with Gasteiger partial charge in [-0.1, -0.05) is 194 Å². The molecule has 0 aliphatic carbocycles. The van der Waals surface area contributed by atoms with Gasteiger partial charge >= 0.3 is 0 Å². The van der Waals surface area contributed by atoms with Gasteiger partial charge in [-0.3, -0.25) is 0 Å². The quantitative estimate of drug-likeness (QED) is 0.127. The topological polar surface area (TPSA) is 13.1 Å². The second-order valence-electron chi connectivity index (χ2n) is 15.6. The van der Waals surface area contributed by atoms with Gasteiger partial charge in [0.05, 0.1) is 0 Å². The van der Waals surface area contributed by atoms with Gasteiger partial charge in [0.1, 0.15) is 11.2 Å². The first kappa shape index (κ1) is 32.7. The number of furan rings is 1. The van der Waals surface area contributed by atoms with Gasteiger partial charge < -0.3 is 4.42 Å². The second-order valence-corrected chi connectivity index (χ2v) is 15.6. The Morgan fingerprint density at radius 3 is 1.57 bits per heavy atom. The minimum Gasteiger partial charge on any atom is -0.455 e. The molecular weight excluding hydrogens is 701 g/mol. The molecule has 1 atom stereocenters. The van der Waals surface area contributed by atoms with Crippen molar-refractivity contribution in [3.05, 3.63) is 229 Å². The van der Waals surface area contributed by atoms with Gasteiger partial charge in [-0.25, -0.2) is 0 Å². The third-order valence-electron chi connectivity index (χ3n) is 12.3. The zero-order valence-corrected chi connectivity index (χ0v) is 31.7. The molecule has 0 radical (unpaired) electrons. The first-order valence-electron chi connectivity index (χ1n) is 20.1. The van der Waals surface area contributed by atoms with Crippen LogP contribution >= 0.6 is 0 Å². The molecule has 1 aromatic heterocycles. The van der Waals surface area contributed by atoms with Gasteiger partial charge in [0.25, 0.3) is 0 Å². The summed E-state index contributed by atoms with van der Waals surface area (Å²) in [5.41, 5.74) is 10.2. The monoisotopic (exact) mass is 736 g/mol. The Bertz CT molecular complexity index is 3520. The lowest BCUT2D eigenvalue weighted by Crippen LogP contribution is -2.04. The lowest BCUT2D eigenvalue weighted by molar-refractivity contribution is 0.662. The van der Waals surface area contributed by atoms with Crippen LogP contribution in [-0.4, -0.2) is 0 Å². The Kier molecular flexibility index (Phi) is 7.36. The molecule has 12 rings (SSSR count). The highest BCUT2D eigenvalue weighted by Gasteiger charge is 2.25. The van der Waals surface area contributed by atoms with Crippen molar-refractivity contribution in [2.24, 2.45) is 0 Å². The first-order chi connectivity index (χ1) is 28.8. The lowest BCUT2D eigenvalue weighted by Gasteiger charge is -2.21. The van der Waals surface area contributed by atoms with Crippen molar-refractivity contribution in [3.8, 4) is 22.3 Å². The van der Waals surface area contributed by atoms with Crippen molar-refractivity contribution in [3.63, 3.8) is 0 Å². The number of fused-ring (bicyclic) bond motifs is 11. The normalized spacial score (nSPS) is 12.4. The number of hydrogen-bond acceptors (Lipinski definition) is 1. The van der Waals surface area contributed by atoms with E-state index in [2.05, 4.69) is 212 Å². The summed E-state index contributed by atoms with van der Waals surface area (Å²) in [6, 6.07) is 77.7. The molecule has 1 heteroatoms. The molecule has 0 saturated carbocycles. The lowest BCUT2D eigenvalue weighted by atomic mass is 9.82. The number of rotatable bonds is 5. The molecule has 11 aromatic carbocycles. The largest absolute Gasteiger partial charge is 0.455 e. The van der Waals surface area contributed by atoms with E-state index in [1.165, 1.54) is 76.1 Å². The van der Waals surface area contributed by atoms with Crippen molar-refractivity contribution in [2.45, 2.75) is 5.92 Å². The van der Waals surface area contributed by atoms with E-state index < -0.39 is 0 Å². The molecule has 0 aliphatic rings. The van der Waals surface area contributed by atoms with Crippen LogP contribution in [0.2, 0.25) is 0 Å². The zero-order chi connectivity index (χ0) is 38.2. The summed E-state index contributed by atoms with van der Waals surface area (Å²) in [4.78, 5) is 0. The Hall–Kier alpha value is -7.48. The summed E-state index contributed by atoms with van der Waals surface area (Å²) in [7, 11) is 0. The van der Waals surface area contributed by atoms with Crippen molar-refractivity contribution >= 4 is 75.8 Å². The van der Waals surface area contributed by atoms with Crippen LogP contribution in [0.4, 0.5) is 0 Å². The Morgan fingerprint density at radius 2 is 0.828 bits per heavy atom. The predicted octanol–water partition coefficient (Wildman–Crippen LogP) is 15.9. The van der Waals surface area contributed by atoms with Gasteiger partial charge in [-0.05, 0) is 99.9 Å². The average molecular weight is 737 g/mol. The highest BCUT2D eigenvalue weighted by Crippen LogP contribution is 2.46. The van der Waals surface area contributed by atoms with Crippen LogP contribution in [-0.2, 0) is 0 Å². The Balaban J connectivity index is 1.14. The van der Waals surface area contributed by atoms with Crippen LogP contribution < -0.4 is 0 Å². The van der Waals surface area contributed by atoms with Crippen molar-refractivity contribution < 1.29 is 4.42 Å². The molecule has 270 valence electrons. The Morgan fingerprint density at radius 1 is 0.276 bits per heavy atom. The van der Waals surface area contributed by atoms with E-state index in [9.17, 15) is 0 Å². The van der Waals surface area contributed by atoms with Crippen molar-refractivity contribution in [1.82, 2.24) is 0 Å². The third-order valence-corrected chi connectivity index (χ3v) is 12.3. The van der Waals surface area contributed by atoms with Crippen LogP contribution in [0.5, 0.6) is 0 Å². The third kappa shape index (κ3) is 5.10. The molecule has 1 heterocycles. The van der Waals surface area contributed by atoms with Crippen molar-refractivity contribution in [2.75, 3.05) is 0 Å². The van der Waals surface area contributed by atoms with Gasteiger partial charge in [0.15, 0.2) is 0 Å². The smallest absolute Gasteiger partial charge is 0.143 e. The summed E-state index contributed by atoms with van der Waals surface area (Å²) in [5.74, 6) is -0.0951. The molecule has 0 amide bonds. The highest BCUT2D eigenvalue weighted by molar-refractivity contribution is 6.25. The fourth-order valence-electron chi connectivity index (χ4n) is 9.63. The first-order valence-corrected chi connectivity index (χ1v) is 20.1. The highest BCUT2D eigenvalue weighted by atomic mass is 16.3. The van der Waals surface area contributed by atoms with E-state index in [1.807, 2.05) is 0 Å².